The quantitative estimate of drug-likeness (QED) is 0.885. The molecule has 2 amide bonds. The van der Waals surface area contributed by atoms with Crippen molar-refractivity contribution in [3.05, 3.63) is 24.0 Å². The van der Waals surface area contributed by atoms with Crippen molar-refractivity contribution in [1.82, 2.24) is 5.32 Å². The zero-order chi connectivity index (χ0) is 17.4. The number of halogens is 1. The number of hydrogen-bond donors (Lipinski definition) is 2. The summed E-state index contributed by atoms with van der Waals surface area (Å²) in [4.78, 5) is 26.2. The Morgan fingerprint density at radius 2 is 2.20 bits per heavy atom. The molecule has 2 heterocycles. The first-order valence-electron chi connectivity index (χ1n) is 9.22. The van der Waals surface area contributed by atoms with Gasteiger partial charge in [0.1, 0.15) is 5.82 Å². The van der Waals surface area contributed by atoms with Crippen LogP contribution in [0.2, 0.25) is 0 Å². The number of amides is 2. The first-order chi connectivity index (χ1) is 12.1. The van der Waals surface area contributed by atoms with Crippen molar-refractivity contribution in [3.8, 4) is 0 Å². The molecule has 0 bridgehead atoms. The van der Waals surface area contributed by atoms with Crippen LogP contribution in [0.25, 0.3) is 0 Å². The predicted molar refractivity (Wildman–Crippen MR) is 93.9 cm³/mol. The molecule has 4 rings (SSSR count). The number of nitrogens with zero attached hydrogens (tertiary/aromatic N) is 1. The molecule has 2 aliphatic heterocycles. The highest BCUT2D eigenvalue weighted by Gasteiger charge is 2.49. The maximum atomic E-state index is 14.5. The van der Waals surface area contributed by atoms with Gasteiger partial charge in [-0.15, -0.1) is 0 Å². The van der Waals surface area contributed by atoms with Crippen molar-refractivity contribution in [1.29, 1.82) is 0 Å². The molecular formula is C19H24FN3O2. The van der Waals surface area contributed by atoms with Gasteiger partial charge in [-0.05, 0) is 49.9 Å². The van der Waals surface area contributed by atoms with Gasteiger partial charge in [-0.1, -0.05) is 12.8 Å². The Morgan fingerprint density at radius 3 is 2.96 bits per heavy atom. The molecule has 0 spiro atoms. The van der Waals surface area contributed by atoms with E-state index < -0.39 is 5.82 Å². The van der Waals surface area contributed by atoms with Crippen LogP contribution >= 0.6 is 0 Å². The molecule has 1 saturated carbocycles. The Labute approximate surface area is 147 Å². The van der Waals surface area contributed by atoms with Gasteiger partial charge in [0.05, 0.1) is 11.1 Å². The maximum absolute atomic E-state index is 14.5. The number of nitrogens with one attached hydrogen (secondary N) is 2. The zero-order valence-electron chi connectivity index (χ0n) is 14.3. The van der Waals surface area contributed by atoms with Gasteiger partial charge in [0.2, 0.25) is 11.8 Å². The number of rotatable bonds is 3. The topological polar surface area (TPSA) is 61.4 Å². The van der Waals surface area contributed by atoms with Gasteiger partial charge >= 0.3 is 0 Å². The number of carbonyl (C=O) groups is 2. The van der Waals surface area contributed by atoms with Crippen molar-refractivity contribution in [2.45, 2.75) is 38.5 Å². The molecular weight excluding hydrogens is 321 g/mol. The lowest BCUT2D eigenvalue weighted by atomic mass is 9.67. The fraction of sp³-hybridized carbons (Fsp3) is 0.579. The third-order valence-electron chi connectivity index (χ3n) is 6.06. The molecule has 1 aromatic carbocycles. The van der Waals surface area contributed by atoms with E-state index in [0.29, 0.717) is 36.8 Å². The smallest absolute Gasteiger partial charge is 0.232 e. The van der Waals surface area contributed by atoms with E-state index in [2.05, 4.69) is 10.6 Å². The molecule has 2 N–H and O–H groups in total. The minimum Gasteiger partial charge on any atom is -0.325 e. The van der Waals surface area contributed by atoms with Gasteiger partial charge in [-0.2, -0.15) is 0 Å². The number of fused-ring (bicyclic) bond motifs is 1. The summed E-state index contributed by atoms with van der Waals surface area (Å²) in [7, 11) is 0. The molecule has 3 fully saturated rings. The largest absolute Gasteiger partial charge is 0.325 e. The normalized spacial score (nSPS) is 28.9. The van der Waals surface area contributed by atoms with Crippen LogP contribution in [0.5, 0.6) is 0 Å². The molecule has 0 radical (unpaired) electrons. The Balaban J connectivity index is 1.52. The molecule has 25 heavy (non-hydrogen) atoms. The van der Waals surface area contributed by atoms with Crippen molar-refractivity contribution in [2.24, 2.45) is 11.3 Å². The lowest BCUT2D eigenvalue weighted by Gasteiger charge is -2.37. The number of anilines is 2. The molecule has 3 aliphatic rings. The lowest BCUT2D eigenvalue weighted by molar-refractivity contribution is -0.128. The van der Waals surface area contributed by atoms with Gasteiger partial charge in [-0.3, -0.25) is 9.59 Å². The van der Waals surface area contributed by atoms with Crippen LogP contribution in [0.3, 0.4) is 0 Å². The first-order valence-corrected chi connectivity index (χ1v) is 9.22. The first kappa shape index (κ1) is 16.5. The average molecular weight is 345 g/mol. The molecule has 6 heteroatoms. The molecule has 1 aromatic rings. The van der Waals surface area contributed by atoms with Gasteiger partial charge in [-0.25, -0.2) is 4.39 Å². The summed E-state index contributed by atoms with van der Waals surface area (Å²) in [5.74, 6) is -0.147. The van der Waals surface area contributed by atoms with Crippen LogP contribution in [-0.2, 0) is 9.59 Å². The second-order valence-corrected chi connectivity index (χ2v) is 7.50. The third-order valence-corrected chi connectivity index (χ3v) is 6.06. The fourth-order valence-electron chi connectivity index (χ4n) is 4.65. The van der Waals surface area contributed by atoms with Crippen LogP contribution in [0.4, 0.5) is 15.8 Å². The Kier molecular flexibility index (Phi) is 4.23. The lowest BCUT2D eigenvalue weighted by Crippen LogP contribution is -2.44. The number of carbonyl (C=O) groups excluding carboxylic acids is 2. The van der Waals surface area contributed by atoms with Gasteiger partial charge in [0.25, 0.3) is 0 Å². The molecule has 1 aliphatic carbocycles. The van der Waals surface area contributed by atoms with E-state index in [1.807, 2.05) is 0 Å². The van der Waals surface area contributed by atoms with E-state index in [0.717, 1.165) is 32.2 Å². The Morgan fingerprint density at radius 1 is 1.32 bits per heavy atom. The van der Waals surface area contributed by atoms with E-state index in [-0.39, 0.29) is 17.2 Å². The molecule has 2 atom stereocenters. The highest BCUT2D eigenvalue weighted by atomic mass is 19.1. The summed E-state index contributed by atoms with van der Waals surface area (Å²) in [5.41, 5.74) is 0.401. The third kappa shape index (κ3) is 2.82. The zero-order valence-corrected chi connectivity index (χ0v) is 14.3. The molecule has 0 unspecified atom stereocenters. The highest BCUT2D eigenvalue weighted by Crippen LogP contribution is 2.44. The fourth-order valence-corrected chi connectivity index (χ4v) is 4.65. The summed E-state index contributed by atoms with van der Waals surface area (Å²) in [6.45, 7) is 2.14. The summed E-state index contributed by atoms with van der Waals surface area (Å²) in [6.07, 6.45) is 5.43. The number of benzene rings is 1. The van der Waals surface area contributed by atoms with Crippen LogP contribution in [-0.4, -0.2) is 31.4 Å². The average Bonchev–Trinajstić information content (AvgIpc) is 3.22. The minimum atomic E-state index is -0.463. The van der Waals surface area contributed by atoms with Crippen molar-refractivity contribution < 1.29 is 14.0 Å². The SMILES string of the molecule is O=C1CCCN1c1ccc(NC(=O)[C@@]23CCCC[C@H]2CNC3)cc1F. The van der Waals surface area contributed by atoms with E-state index in [4.69, 9.17) is 0 Å². The Hall–Kier alpha value is -1.95. The van der Waals surface area contributed by atoms with Gasteiger partial charge < -0.3 is 15.5 Å². The van der Waals surface area contributed by atoms with Crippen molar-refractivity contribution >= 4 is 23.2 Å². The second-order valence-electron chi connectivity index (χ2n) is 7.50. The van der Waals surface area contributed by atoms with Crippen molar-refractivity contribution in [2.75, 3.05) is 29.9 Å². The minimum absolute atomic E-state index is 0.00778. The van der Waals surface area contributed by atoms with E-state index >= 15 is 0 Å². The van der Waals surface area contributed by atoms with Crippen LogP contribution < -0.4 is 15.5 Å². The van der Waals surface area contributed by atoms with Crippen LogP contribution in [0, 0.1) is 17.2 Å². The molecule has 2 saturated heterocycles. The summed E-state index contributed by atoms with van der Waals surface area (Å²) >= 11 is 0. The van der Waals surface area contributed by atoms with E-state index in [1.54, 1.807) is 12.1 Å². The van der Waals surface area contributed by atoms with Gasteiger partial charge in [0.15, 0.2) is 0 Å². The van der Waals surface area contributed by atoms with E-state index in [1.165, 1.54) is 17.4 Å². The van der Waals surface area contributed by atoms with Crippen molar-refractivity contribution in [3.63, 3.8) is 0 Å². The molecule has 0 aromatic heterocycles. The predicted octanol–water partition coefficient (Wildman–Crippen LogP) is 2.67. The number of hydrogen-bond acceptors (Lipinski definition) is 3. The highest BCUT2D eigenvalue weighted by molar-refractivity contribution is 5.98. The molecule has 134 valence electrons. The summed E-state index contributed by atoms with van der Waals surface area (Å²) < 4.78 is 14.5. The van der Waals surface area contributed by atoms with E-state index in [9.17, 15) is 14.0 Å². The standard InChI is InChI=1S/C19H24FN3O2/c20-15-10-14(6-7-16(15)23-9-3-5-17(23)24)22-18(25)19-8-2-1-4-13(19)11-21-12-19/h6-7,10,13,21H,1-5,8-9,11-12H2,(H,22,25)/t13-,19+/m0/s1. The Bertz CT molecular complexity index is 708. The van der Waals surface area contributed by atoms with Crippen LogP contribution in [0.1, 0.15) is 38.5 Å². The maximum Gasteiger partial charge on any atom is 0.232 e. The van der Waals surface area contributed by atoms with Crippen LogP contribution in [0.15, 0.2) is 18.2 Å². The molecule has 5 nitrogen and oxygen atoms in total. The monoisotopic (exact) mass is 345 g/mol. The second kappa shape index (κ2) is 6.41. The summed E-state index contributed by atoms with van der Waals surface area (Å²) in [5, 5.41) is 6.28. The summed E-state index contributed by atoms with van der Waals surface area (Å²) in [6, 6.07) is 4.62. The van der Waals surface area contributed by atoms with Gasteiger partial charge in [0, 0.05) is 25.2 Å².